The van der Waals surface area contributed by atoms with Gasteiger partial charge in [-0.15, -0.1) is 0 Å². The van der Waals surface area contributed by atoms with Crippen molar-refractivity contribution in [2.45, 2.75) is 63.0 Å². The highest BCUT2D eigenvalue weighted by Gasteiger charge is 2.30. The molecule has 1 aliphatic carbocycles. The van der Waals surface area contributed by atoms with Gasteiger partial charge in [0, 0.05) is 12.1 Å². The lowest BCUT2D eigenvalue weighted by Gasteiger charge is -2.24. The first-order valence-electron chi connectivity index (χ1n) is 5.69. The molecular weight excluding hydrogens is 162 g/mol. The maximum atomic E-state index is 6.28. The van der Waals surface area contributed by atoms with Gasteiger partial charge in [-0.25, -0.2) is 0 Å². The number of nitrogens with two attached hydrogens (primary N) is 1. The van der Waals surface area contributed by atoms with Crippen molar-refractivity contribution in [3.63, 3.8) is 0 Å². The van der Waals surface area contributed by atoms with Gasteiger partial charge in [-0.2, -0.15) is 0 Å². The van der Waals surface area contributed by atoms with E-state index in [1.807, 2.05) is 0 Å². The molecule has 0 amide bonds. The molecule has 2 N–H and O–H groups in total. The van der Waals surface area contributed by atoms with Crippen molar-refractivity contribution in [2.75, 3.05) is 6.61 Å². The third-order valence-electron chi connectivity index (χ3n) is 3.59. The monoisotopic (exact) mass is 183 g/mol. The lowest BCUT2D eigenvalue weighted by Crippen LogP contribution is -2.37. The zero-order valence-corrected chi connectivity index (χ0v) is 8.43. The van der Waals surface area contributed by atoms with E-state index < -0.39 is 0 Å². The molecule has 0 aromatic carbocycles. The zero-order valence-electron chi connectivity index (χ0n) is 8.43. The minimum absolute atomic E-state index is 0.173. The minimum atomic E-state index is 0.173. The van der Waals surface area contributed by atoms with Crippen molar-refractivity contribution < 1.29 is 4.74 Å². The van der Waals surface area contributed by atoms with Gasteiger partial charge in [0.05, 0.1) is 6.10 Å². The van der Waals surface area contributed by atoms with Crippen molar-refractivity contribution in [1.82, 2.24) is 0 Å². The summed E-state index contributed by atoms with van der Waals surface area (Å²) in [6, 6.07) is 0. The topological polar surface area (TPSA) is 35.2 Å². The Morgan fingerprint density at radius 1 is 1.23 bits per heavy atom. The molecule has 0 spiro atoms. The Bertz CT molecular complexity index is 157. The minimum Gasteiger partial charge on any atom is -0.378 e. The molecule has 1 heterocycles. The highest BCUT2D eigenvalue weighted by molar-refractivity contribution is 4.89. The fraction of sp³-hybridized carbons (Fsp3) is 1.00. The molecule has 2 fully saturated rings. The van der Waals surface area contributed by atoms with Gasteiger partial charge >= 0.3 is 0 Å². The second-order valence-electron chi connectivity index (χ2n) is 4.74. The van der Waals surface area contributed by atoms with E-state index in [2.05, 4.69) is 0 Å². The number of ether oxygens (including phenoxy) is 1. The second kappa shape index (κ2) is 3.97. The predicted octanol–water partition coefficient (Wildman–Crippen LogP) is 2.22. The Balaban J connectivity index is 1.71. The van der Waals surface area contributed by atoms with Crippen LogP contribution in [0.3, 0.4) is 0 Å². The molecule has 0 radical (unpaired) electrons. The molecule has 1 unspecified atom stereocenters. The number of hydrogen-bond acceptors (Lipinski definition) is 2. The van der Waals surface area contributed by atoms with Crippen LogP contribution in [-0.2, 0) is 4.74 Å². The van der Waals surface area contributed by atoms with Crippen LogP contribution in [-0.4, -0.2) is 18.2 Å². The summed E-state index contributed by atoms with van der Waals surface area (Å²) in [5.41, 5.74) is 6.45. The van der Waals surface area contributed by atoms with Gasteiger partial charge in [0.1, 0.15) is 0 Å². The molecule has 1 saturated heterocycles. The summed E-state index contributed by atoms with van der Waals surface area (Å²) in [6.07, 6.45) is 10.6. The Kier molecular flexibility index (Phi) is 2.89. The van der Waals surface area contributed by atoms with Crippen LogP contribution in [0.2, 0.25) is 0 Å². The molecule has 1 atom stereocenters. The van der Waals surface area contributed by atoms with Gasteiger partial charge in [0.2, 0.25) is 0 Å². The van der Waals surface area contributed by atoms with Crippen molar-refractivity contribution in [1.29, 1.82) is 0 Å². The van der Waals surface area contributed by atoms with Crippen molar-refractivity contribution in [3.8, 4) is 0 Å². The van der Waals surface area contributed by atoms with Gasteiger partial charge in [-0.1, -0.05) is 12.8 Å². The number of hydrogen-bond donors (Lipinski definition) is 1. The van der Waals surface area contributed by atoms with E-state index >= 15 is 0 Å². The molecule has 2 nitrogen and oxygen atoms in total. The van der Waals surface area contributed by atoms with E-state index in [4.69, 9.17) is 10.5 Å². The maximum Gasteiger partial charge on any atom is 0.0576 e. The molecule has 0 bridgehead atoms. The highest BCUT2D eigenvalue weighted by atomic mass is 16.5. The average molecular weight is 183 g/mol. The van der Waals surface area contributed by atoms with E-state index in [9.17, 15) is 0 Å². The molecule has 1 saturated carbocycles. The summed E-state index contributed by atoms with van der Waals surface area (Å²) >= 11 is 0. The molecule has 76 valence electrons. The van der Waals surface area contributed by atoms with Crippen LogP contribution in [0, 0.1) is 0 Å². The van der Waals surface area contributed by atoms with Crippen LogP contribution in [0.15, 0.2) is 0 Å². The fourth-order valence-electron chi connectivity index (χ4n) is 2.65. The third-order valence-corrected chi connectivity index (χ3v) is 3.59. The van der Waals surface area contributed by atoms with Crippen LogP contribution < -0.4 is 5.73 Å². The molecule has 1 aliphatic heterocycles. The molecular formula is C11H21NO. The first kappa shape index (κ1) is 9.47. The van der Waals surface area contributed by atoms with Gasteiger partial charge in [-0.3, -0.25) is 0 Å². The fourth-order valence-corrected chi connectivity index (χ4v) is 2.65. The number of rotatable bonds is 3. The predicted molar refractivity (Wildman–Crippen MR) is 53.6 cm³/mol. The maximum absolute atomic E-state index is 6.28. The molecule has 0 aromatic rings. The molecule has 2 aliphatic rings. The Hall–Kier alpha value is -0.0800. The summed E-state index contributed by atoms with van der Waals surface area (Å²) in [6.45, 7) is 0.974. The summed E-state index contributed by atoms with van der Waals surface area (Å²) in [5.74, 6) is 0. The van der Waals surface area contributed by atoms with Crippen LogP contribution in [0.1, 0.15) is 51.4 Å². The van der Waals surface area contributed by atoms with Crippen LogP contribution in [0.25, 0.3) is 0 Å². The van der Waals surface area contributed by atoms with Gasteiger partial charge in [0.15, 0.2) is 0 Å². The summed E-state index contributed by atoms with van der Waals surface area (Å²) in [5, 5.41) is 0. The SMILES string of the molecule is NC1(CCC2CCCO2)CCCC1. The largest absolute Gasteiger partial charge is 0.378 e. The van der Waals surface area contributed by atoms with Crippen molar-refractivity contribution >= 4 is 0 Å². The highest BCUT2D eigenvalue weighted by Crippen LogP contribution is 2.32. The van der Waals surface area contributed by atoms with Crippen LogP contribution in [0.4, 0.5) is 0 Å². The molecule has 13 heavy (non-hydrogen) atoms. The van der Waals surface area contributed by atoms with E-state index in [-0.39, 0.29) is 5.54 Å². The van der Waals surface area contributed by atoms with Crippen LogP contribution in [0.5, 0.6) is 0 Å². The van der Waals surface area contributed by atoms with Gasteiger partial charge < -0.3 is 10.5 Å². The second-order valence-corrected chi connectivity index (χ2v) is 4.74. The summed E-state index contributed by atoms with van der Waals surface area (Å²) < 4.78 is 5.60. The smallest absolute Gasteiger partial charge is 0.0576 e. The first-order valence-corrected chi connectivity index (χ1v) is 5.69. The van der Waals surface area contributed by atoms with Crippen molar-refractivity contribution in [2.24, 2.45) is 5.73 Å². The Labute approximate surface area is 80.8 Å². The quantitative estimate of drug-likeness (QED) is 0.728. The summed E-state index contributed by atoms with van der Waals surface area (Å²) in [7, 11) is 0. The van der Waals surface area contributed by atoms with Crippen molar-refractivity contribution in [3.05, 3.63) is 0 Å². The van der Waals surface area contributed by atoms with E-state index in [1.54, 1.807) is 0 Å². The lowest BCUT2D eigenvalue weighted by atomic mass is 9.91. The van der Waals surface area contributed by atoms with Gasteiger partial charge in [-0.05, 0) is 38.5 Å². The average Bonchev–Trinajstić information content (AvgIpc) is 2.72. The van der Waals surface area contributed by atoms with Gasteiger partial charge in [0.25, 0.3) is 0 Å². The third kappa shape index (κ3) is 2.44. The molecule has 2 heteroatoms. The molecule has 2 rings (SSSR count). The Morgan fingerprint density at radius 3 is 2.62 bits per heavy atom. The summed E-state index contributed by atoms with van der Waals surface area (Å²) in [4.78, 5) is 0. The van der Waals surface area contributed by atoms with E-state index in [0.717, 1.165) is 6.61 Å². The zero-order chi connectivity index (χ0) is 9.15. The lowest BCUT2D eigenvalue weighted by molar-refractivity contribution is 0.0961. The van der Waals surface area contributed by atoms with Crippen LogP contribution >= 0.6 is 0 Å². The first-order chi connectivity index (χ1) is 6.29. The normalized spacial score (nSPS) is 32.5. The molecule has 0 aromatic heterocycles. The standard InChI is InChI=1S/C11H21NO/c12-11(6-1-2-7-11)8-5-10-4-3-9-13-10/h10H,1-9,12H2. The Morgan fingerprint density at radius 2 is 2.00 bits per heavy atom. The van der Waals surface area contributed by atoms with E-state index in [1.165, 1.54) is 51.4 Å². The van der Waals surface area contributed by atoms with E-state index in [0.29, 0.717) is 6.10 Å².